The molecule has 1 atom stereocenters. The lowest BCUT2D eigenvalue weighted by atomic mass is 9.89. The average molecular weight is 207 g/mol. The third-order valence-corrected chi connectivity index (χ3v) is 3.39. The van der Waals surface area contributed by atoms with Crippen LogP contribution in [0.25, 0.3) is 0 Å². The van der Waals surface area contributed by atoms with Crippen LogP contribution in [0.3, 0.4) is 0 Å². The Hall–Kier alpha value is -0.470. The Labute approximate surface area is 91.1 Å². The Morgan fingerprint density at radius 3 is 2.64 bits per heavy atom. The zero-order chi connectivity index (χ0) is 9.97. The summed E-state index contributed by atoms with van der Waals surface area (Å²) in [5.41, 5.74) is 10.2. The quantitative estimate of drug-likeness (QED) is 0.716. The first-order valence-corrected chi connectivity index (χ1v) is 5.92. The predicted octanol–water partition coefficient (Wildman–Crippen LogP) is 2.50. The maximum absolute atomic E-state index is 5.95. The van der Waals surface area contributed by atoms with Crippen LogP contribution >= 0.6 is 12.6 Å². The van der Waals surface area contributed by atoms with Gasteiger partial charge in [-0.25, -0.2) is 0 Å². The summed E-state index contributed by atoms with van der Waals surface area (Å²) < 4.78 is 0. The van der Waals surface area contributed by atoms with Gasteiger partial charge >= 0.3 is 0 Å². The maximum atomic E-state index is 5.95. The van der Waals surface area contributed by atoms with Gasteiger partial charge in [0.2, 0.25) is 0 Å². The van der Waals surface area contributed by atoms with Crippen LogP contribution < -0.4 is 5.73 Å². The number of benzene rings is 1. The van der Waals surface area contributed by atoms with Gasteiger partial charge in [0, 0.05) is 11.8 Å². The van der Waals surface area contributed by atoms with Crippen LogP contribution in [-0.2, 0) is 12.8 Å². The van der Waals surface area contributed by atoms with E-state index in [1.54, 1.807) is 0 Å². The van der Waals surface area contributed by atoms with Crippen LogP contribution in [0.4, 0.5) is 0 Å². The fourth-order valence-electron chi connectivity index (χ4n) is 2.09. The van der Waals surface area contributed by atoms with Crippen LogP contribution in [-0.4, -0.2) is 5.75 Å². The SMILES string of the molecule is NC(CS)c1ccc2c(c1)CCCC2. The van der Waals surface area contributed by atoms with Crippen LogP contribution in [0, 0.1) is 0 Å². The van der Waals surface area contributed by atoms with Crippen molar-refractivity contribution in [3.05, 3.63) is 34.9 Å². The molecule has 1 aromatic rings. The predicted molar refractivity (Wildman–Crippen MR) is 63.9 cm³/mol. The van der Waals surface area contributed by atoms with Crippen molar-refractivity contribution in [2.45, 2.75) is 31.7 Å². The summed E-state index contributed by atoms with van der Waals surface area (Å²) in [7, 11) is 0. The van der Waals surface area contributed by atoms with E-state index >= 15 is 0 Å². The first-order chi connectivity index (χ1) is 6.81. The zero-order valence-electron chi connectivity index (χ0n) is 8.37. The minimum atomic E-state index is 0.0885. The van der Waals surface area contributed by atoms with E-state index in [4.69, 9.17) is 5.73 Å². The number of rotatable bonds is 2. The number of thiol groups is 1. The molecule has 0 saturated carbocycles. The molecule has 0 bridgehead atoms. The summed E-state index contributed by atoms with van der Waals surface area (Å²) in [5, 5.41) is 0. The van der Waals surface area contributed by atoms with Gasteiger partial charge in [-0.3, -0.25) is 0 Å². The molecular weight excluding hydrogens is 190 g/mol. The number of fused-ring (bicyclic) bond motifs is 1. The monoisotopic (exact) mass is 207 g/mol. The minimum Gasteiger partial charge on any atom is -0.323 e. The normalized spacial score (nSPS) is 17.6. The molecule has 0 saturated heterocycles. The van der Waals surface area contributed by atoms with Crippen molar-refractivity contribution < 1.29 is 0 Å². The van der Waals surface area contributed by atoms with E-state index < -0.39 is 0 Å². The largest absolute Gasteiger partial charge is 0.323 e. The number of aryl methyl sites for hydroxylation is 2. The van der Waals surface area contributed by atoms with E-state index in [9.17, 15) is 0 Å². The lowest BCUT2D eigenvalue weighted by Gasteiger charge is -2.18. The Balaban J connectivity index is 2.29. The molecule has 0 heterocycles. The van der Waals surface area contributed by atoms with Crippen molar-refractivity contribution in [1.82, 2.24) is 0 Å². The number of hydrogen-bond acceptors (Lipinski definition) is 2. The number of hydrogen-bond donors (Lipinski definition) is 2. The molecule has 1 nitrogen and oxygen atoms in total. The van der Waals surface area contributed by atoms with Crippen LogP contribution in [0.2, 0.25) is 0 Å². The highest BCUT2D eigenvalue weighted by atomic mass is 32.1. The smallest absolute Gasteiger partial charge is 0.0384 e. The van der Waals surface area contributed by atoms with Gasteiger partial charge in [-0.05, 0) is 42.4 Å². The van der Waals surface area contributed by atoms with Crippen molar-refractivity contribution in [3.8, 4) is 0 Å². The third-order valence-electron chi connectivity index (χ3n) is 3.00. The molecule has 0 fully saturated rings. The molecule has 14 heavy (non-hydrogen) atoms. The summed E-state index contributed by atoms with van der Waals surface area (Å²) in [4.78, 5) is 0. The second kappa shape index (κ2) is 4.37. The van der Waals surface area contributed by atoms with Crippen molar-refractivity contribution in [3.63, 3.8) is 0 Å². The Bertz CT molecular complexity index is 322. The second-order valence-electron chi connectivity index (χ2n) is 4.02. The number of nitrogens with two attached hydrogens (primary N) is 1. The van der Waals surface area contributed by atoms with E-state index in [1.165, 1.54) is 42.4 Å². The summed E-state index contributed by atoms with van der Waals surface area (Å²) in [6.45, 7) is 0. The average Bonchev–Trinajstić information content (AvgIpc) is 2.27. The molecule has 0 aromatic heterocycles. The van der Waals surface area contributed by atoms with E-state index in [1.807, 2.05) is 0 Å². The summed E-state index contributed by atoms with van der Waals surface area (Å²) in [5.74, 6) is 0.721. The fourth-order valence-corrected chi connectivity index (χ4v) is 2.30. The molecule has 1 aliphatic carbocycles. The van der Waals surface area contributed by atoms with Gasteiger partial charge < -0.3 is 5.73 Å². The van der Waals surface area contributed by atoms with Gasteiger partial charge in [0.25, 0.3) is 0 Å². The molecule has 0 amide bonds. The van der Waals surface area contributed by atoms with Crippen LogP contribution in [0.1, 0.15) is 35.6 Å². The summed E-state index contributed by atoms with van der Waals surface area (Å²) in [6.07, 6.45) is 5.13. The third kappa shape index (κ3) is 1.96. The van der Waals surface area contributed by atoms with Crippen molar-refractivity contribution >= 4 is 12.6 Å². The summed E-state index contributed by atoms with van der Waals surface area (Å²) in [6, 6.07) is 6.76. The van der Waals surface area contributed by atoms with Crippen molar-refractivity contribution in [1.29, 1.82) is 0 Å². The minimum absolute atomic E-state index is 0.0885. The van der Waals surface area contributed by atoms with E-state index in [-0.39, 0.29) is 6.04 Å². The topological polar surface area (TPSA) is 26.0 Å². The molecule has 2 rings (SSSR count). The van der Waals surface area contributed by atoms with E-state index in [2.05, 4.69) is 30.8 Å². The fraction of sp³-hybridized carbons (Fsp3) is 0.500. The maximum Gasteiger partial charge on any atom is 0.0384 e. The van der Waals surface area contributed by atoms with Gasteiger partial charge in [-0.2, -0.15) is 12.6 Å². The van der Waals surface area contributed by atoms with E-state index in [0.717, 1.165) is 5.75 Å². The van der Waals surface area contributed by atoms with Crippen molar-refractivity contribution in [2.75, 3.05) is 5.75 Å². The molecule has 2 heteroatoms. The highest BCUT2D eigenvalue weighted by Gasteiger charge is 2.11. The van der Waals surface area contributed by atoms with Gasteiger partial charge in [0.05, 0.1) is 0 Å². The molecule has 2 N–H and O–H groups in total. The van der Waals surface area contributed by atoms with E-state index in [0.29, 0.717) is 0 Å². The highest BCUT2D eigenvalue weighted by molar-refractivity contribution is 7.80. The van der Waals surface area contributed by atoms with Gasteiger partial charge in [-0.1, -0.05) is 18.2 Å². The van der Waals surface area contributed by atoms with Crippen LogP contribution in [0.5, 0.6) is 0 Å². The second-order valence-corrected chi connectivity index (χ2v) is 4.39. The Kier molecular flexibility index (Phi) is 3.14. The Morgan fingerprint density at radius 1 is 1.21 bits per heavy atom. The van der Waals surface area contributed by atoms with Crippen molar-refractivity contribution in [2.24, 2.45) is 5.73 Å². The molecule has 1 aliphatic rings. The highest BCUT2D eigenvalue weighted by Crippen LogP contribution is 2.24. The lowest BCUT2D eigenvalue weighted by molar-refractivity contribution is 0.682. The molecule has 76 valence electrons. The standard InChI is InChI=1S/C12H17NS/c13-12(8-14)11-6-5-9-3-1-2-4-10(9)7-11/h5-7,12,14H,1-4,8,13H2. The van der Waals surface area contributed by atoms with Gasteiger partial charge in [0.15, 0.2) is 0 Å². The molecule has 1 aromatic carbocycles. The first kappa shape index (κ1) is 10.1. The molecule has 0 radical (unpaired) electrons. The first-order valence-electron chi connectivity index (χ1n) is 5.29. The van der Waals surface area contributed by atoms with Gasteiger partial charge in [0.1, 0.15) is 0 Å². The molecule has 0 spiro atoms. The van der Waals surface area contributed by atoms with Crippen LogP contribution in [0.15, 0.2) is 18.2 Å². The molecular formula is C12H17NS. The molecule has 1 unspecified atom stereocenters. The van der Waals surface area contributed by atoms with Gasteiger partial charge in [-0.15, -0.1) is 0 Å². The zero-order valence-corrected chi connectivity index (χ0v) is 9.26. The summed E-state index contributed by atoms with van der Waals surface area (Å²) >= 11 is 4.23. The lowest BCUT2D eigenvalue weighted by Crippen LogP contribution is -2.13. The molecule has 0 aliphatic heterocycles. The Morgan fingerprint density at radius 2 is 1.93 bits per heavy atom.